The van der Waals surface area contributed by atoms with Crippen LogP contribution in [0.1, 0.15) is 24.0 Å². The lowest BCUT2D eigenvalue weighted by Crippen LogP contribution is -2.31. The molecule has 5 heteroatoms. The lowest BCUT2D eigenvalue weighted by molar-refractivity contribution is 0.719. The van der Waals surface area contributed by atoms with Gasteiger partial charge in [-0.15, -0.1) is 0 Å². The Labute approximate surface area is 132 Å². The van der Waals surface area contributed by atoms with Crippen LogP contribution in [-0.2, 0) is 13.0 Å². The average Bonchev–Trinajstić information content (AvgIpc) is 3.31. The number of benzene rings is 1. The normalized spacial score (nSPS) is 17.5. The minimum absolute atomic E-state index is 0.618. The molecule has 0 unspecified atom stereocenters. The second-order valence-corrected chi connectivity index (χ2v) is 6.68. The van der Waals surface area contributed by atoms with Gasteiger partial charge in [0.1, 0.15) is 18.0 Å². The molecule has 2 aromatic rings. The van der Waals surface area contributed by atoms with Crippen molar-refractivity contribution in [1.82, 2.24) is 9.97 Å². The van der Waals surface area contributed by atoms with Crippen molar-refractivity contribution in [3.05, 3.63) is 46.2 Å². The molecule has 21 heavy (non-hydrogen) atoms. The van der Waals surface area contributed by atoms with Crippen molar-refractivity contribution in [3.63, 3.8) is 0 Å². The highest BCUT2D eigenvalue weighted by atomic mass is 79.9. The minimum atomic E-state index is 0.618. The number of fused-ring (bicyclic) bond motifs is 1. The van der Waals surface area contributed by atoms with E-state index in [-0.39, 0.29) is 0 Å². The molecular weight excluding hydrogens is 328 g/mol. The zero-order valence-electron chi connectivity index (χ0n) is 11.7. The van der Waals surface area contributed by atoms with E-state index in [1.54, 1.807) is 6.33 Å². The third-order valence-corrected chi connectivity index (χ3v) is 4.58. The minimum Gasteiger partial charge on any atom is -0.367 e. The fourth-order valence-corrected chi connectivity index (χ4v) is 3.16. The van der Waals surface area contributed by atoms with E-state index >= 15 is 0 Å². The predicted octanol–water partition coefficient (Wildman–Crippen LogP) is 3.38. The van der Waals surface area contributed by atoms with Gasteiger partial charge in [-0.3, -0.25) is 0 Å². The van der Waals surface area contributed by atoms with Crippen LogP contribution in [0.25, 0.3) is 0 Å². The van der Waals surface area contributed by atoms with E-state index in [1.807, 2.05) is 0 Å². The maximum absolute atomic E-state index is 4.45. The first-order chi connectivity index (χ1) is 10.3. The molecule has 1 aliphatic heterocycles. The lowest BCUT2D eigenvalue weighted by Gasteiger charge is -2.30. The first-order valence-electron chi connectivity index (χ1n) is 7.39. The molecule has 2 aliphatic rings. The first-order valence-corrected chi connectivity index (χ1v) is 8.18. The van der Waals surface area contributed by atoms with Crippen LogP contribution in [0.2, 0.25) is 0 Å². The van der Waals surface area contributed by atoms with Crippen LogP contribution in [0.4, 0.5) is 11.6 Å². The van der Waals surface area contributed by atoms with Crippen molar-refractivity contribution in [2.45, 2.75) is 31.8 Å². The molecule has 2 heterocycles. The van der Waals surface area contributed by atoms with Gasteiger partial charge in [-0.25, -0.2) is 9.97 Å². The SMILES string of the molecule is Brc1ccc2c(c1)CCN(c1cc(NC3CC3)ncn1)C2. The zero-order chi connectivity index (χ0) is 14.2. The van der Waals surface area contributed by atoms with E-state index < -0.39 is 0 Å². The second-order valence-electron chi connectivity index (χ2n) is 5.76. The van der Waals surface area contributed by atoms with Crippen LogP contribution in [0.15, 0.2) is 35.1 Å². The monoisotopic (exact) mass is 344 g/mol. The molecule has 0 radical (unpaired) electrons. The Kier molecular flexibility index (Phi) is 3.30. The number of nitrogens with one attached hydrogen (secondary N) is 1. The van der Waals surface area contributed by atoms with Crippen LogP contribution >= 0.6 is 15.9 Å². The summed E-state index contributed by atoms with van der Waals surface area (Å²) in [7, 11) is 0. The molecule has 4 nitrogen and oxygen atoms in total. The molecule has 1 N–H and O–H groups in total. The highest BCUT2D eigenvalue weighted by Crippen LogP contribution is 2.28. The highest BCUT2D eigenvalue weighted by molar-refractivity contribution is 9.10. The molecule has 0 spiro atoms. The summed E-state index contributed by atoms with van der Waals surface area (Å²) >= 11 is 3.55. The summed E-state index contributed by atoms with van der Waals surface area (Å²) in [5.41, 5.74) is 2.82. The van der Waals surface area contributed by atoms with Crippen molar-refractivity contribution in [2.75, 3.05) is 16.8 Å². The topological polar surface area (TPSA) is 41.0 Å². The number of hydrogen-bond acceptors (Lipinski definition) is 4. The fraction of sp³-hybridized carbons (Fsp3) is 0.375. The molecule has 0 atom stereocenters. The highest BCUT2D eigenvalue weighted by Gasteiger charge is 2.22. The Morgan fingerprint density at radius 2 is 2.05 bits per heavy atom. The number of halogens is 1. The molecule has 0 saturated heterocycles. The number of nitrogens with zero attached hydrogens (tertiary/aromatic N) is 3. The van der Waals surface area contributed by atoms with Gasteiger partial charge in [0, 0.05) is 29.7 Å². The van der Waals surface area contributed by atoms with Crippen molar-refractivity contribution in [2.24, 2.45) is 0 Å². The van der Waals surface area contributed by atoms with Crippen molar-refractivity contribution in [3.8, 4) is 0 Å². The number of rotatable bonds is 3. The van der Waals surface area contributed by atoms with Crippen molar-refractivity contribution in [1.29, 1.82) is 0 Å². The first kappa shape index (κ1) is 13.1. The summed E-state index contributed by atoms with van der Waals surface area (Å²) in [4.78, 5) is 11.1. The maximum atomic E-state index is 4.45. The van der Waals surface area contributed by atoms with Gasteiger partial charge in [0.15, 0.2) is 0 Å². The molecule has 0 amide bonds. The molecule has 1 aromatic heterocycles. The van der Waals surface area contributed by atoms with E-state index in [4.69, 9.17) is 0 Å². The van der Waals surface area contributed by atoms with Gasteiger partial charge < -0.3 is 10.2 Å². The average molecular weight is 345 g/mol. The van der Waals surface area contributed by atoms with Gasteiger partial charge in [-0.1, -0.05) is 22.0 Å². The van der Waals surface area contributed by atoms with Gasteiger partial charge in [-0.2, -0.15) is 0 Å². The summed E-state index contributed by atoms with van der Waals surface area (Å²) < 4.78 is 1.16. The van der Waals surface area contributed by atoms with Crippen molar-refractivity contribution >= 4 is 27.6 Å². The van der Waals surface area contributed by atoms with E-state index in [2.05, 4.69) is 60.4 Å². The second kappa shape index (κ2) is 5.30. The van der Waals surface area contributed by atoms with E-state index in [0.717, 1.165) is 35.6 Å². The summed E-state index contributed by atoms with van der Waals surface area (Å²) in [6.07, 6.45) is 5.23. The van der Waals surface area contributed by atoms with Crippen LogP contribution in [0.3, 0.4) is 0 Å². The summed E-state index contributed by atoms with van der Waals surface area (Å²) in [5, 5.41) is 3.44. The predicted molar refractivity (Wildman–Crippen MR) is 87.6 cm³/mol. The smallest absolute Gasteiger partial charge is 0.134 e. The number of anilines is 2. The Hall–Kier alpha value is -1.62. The van der Waals surface area contributed by atoms with Gasteiger partial charge in [0.25, 0.3) is 0 Å². The van der Waals surface area contributed by atoms with Gasteiger partial charge in [-0.05, 0) is 42.5 Å². The largest absolute Gasteiger partial charge is 0.367 e. The zero-order valence-corrected chi connectivity index (χ0v) is 13.3. The van der Waals surface area contributed by atoms with Gasteiger partial charge in [0.2, 0.25) is 0 Å². The molecule has 1 aliphatic carbocycles. The molecule has 4 rings (SSSR count). The molecular formula is C16H17BrN4. The summed E-state index contributed by atoms with van der Waals surface area (Å²) in [6.45, 7) is 1.92. The third kappa shape index (κ3) is 2.88. The third-order valence-electron chi connectivity index (χ3n) is 4.09. The Balaban J connectivity index is 1.55. The molecule has 108 valence electrons. The lowest BCUT2D eigenvalue weighted by atomic mass is 10.00. The van der Waals surface area contributed by atoms with E-state index in [0.29, 0.717) is 6.04 Å². The molecule has 1 fully saturated rings. The van der Waals surface area contributed by atoms with Crippen LogP contribution in [0, 0.1) is 0 Å². The molecule has 1 aromatic carbocycles. The van der Waals surface area contributed by atoms with Crippen LogP contribution < -0.4 is 10.2 Å². The summed E-state index contributed by atoms with van der Waals surface area (Å²) in [5.74, 6) is 1.96. The van der Waals surface area contributed by atoms with E-state index in [1.165, 1.54) is 24.0 Å². The van der Waals surface area contributed by atoms with Gasteiger partial charge in [0.05, 0.1) is 0 Å². The standard InChI is InChI=1S/C16H17BrN4/c17-13-2-1-12-9-21(6-5-11(12)7-13)16-8-15(18-10-19-16)20-14-3-4-14/h1-2,7-8,10,14H,3-6,9H2,(H,18,19,20). The molecule has 0 bridgehead atoms. The Morgan fingerprint density at radius 1 is 1.14 bits per heavy atom. The number of hydrogen-bond donors (Lipinski definition) is 1. The van der Waals surface area contributed by atoms with Gasteiger partial charge >= 0.3 is 0 Å². The van der Waals surface area contributed by atoms with E-state index in [9.17, 15) is 0 Å². The fourth-order valence-electron chi connectivity index (χ4n) is 2.75. The Morgan fingerprint density at radius 3 is 2.90 bits per heavy atom. The van der Waals surface area contributed by atoms with Crippen molar-refractivity contribution < 1.29 is 0 Å². The molecule has 1 saturated carbocycles. The van der Waals surface area contributed by atoms with Crippen LogP contribution in [-0.4, -0.2) is 22.6 Å². The number of aromatic nitrogens is 2. The Bertz CT molecular complexity index is 669. The van der Waals surface area contributed by atoms with Crippen LogP contribution in [0.5, 0.6) is 0 Å². The quantitative estimate of drug-likeness (QED) is 0.926. The maximum Gasteiger partial charge on any atom is 0.134 e. The summed E-state index contributed by atoms with van der Waals surface area (Å²) in [6, 6.07) is 9.24.